The second-order valence-electron chi connectivity index (χ2n) is 6.21. The highest BCUT2D eigenvalue weighted by Gasteiger charge is 2.21. The van der Waals surface area contributed by atoms with Crippen molar-refractivity contribution in [3.8, 4) is 0 Å². The number of benzene rings is 1. The summed E-state index contributed by atoms with van der Waals surface area (Å²) in [4.78, 5) is 22.9. The molecule has 1 atom stereocenters. The first-order valence-corrected chi connectivity index (χ1v) is 8.51. The molecule has 3 aromatic heterocycles. The van der Waals surface area contributed by atoms with E-state index in [0.29, 0.717) is 12.3 Å². The monoisotopic (exact) mass is 362 g/mol. The first-order valence-electron chi connectivity index (χ1n) is 8.51. The Morgan fingerprint density at radius 3 is 2.59 bits per heavy atom. The molecule has 0 aliphatic rings. The van der Waals surface area contributed by atoms with Crippen molar-refractivity contribution in [3.05, 3.63) is 71.6 Å². The van der Waals surface area contributed by atoms with Gasteiger partial charge in [-0.3, -0.25) is 4.79 Å². The molecule has 0 spiro atoms. The molecule has 0 bridgehead atoms. The van der Waals surface area contributed by atoms with Gasteiger partial charge >= 0.3 is 0 Å². The summed E-state index contributed by atoms with van der Waals surface area (Å²) in [6.07, 6.45) is 3.20. The number of fused-ring (bicyclic) bond motifs is 1. The lowest BCUT2D eigenvalue weighted by Crippen LogP contribution is -2.32. The molecule has 3 heterocycles. The minimum atomic E-state index is -0.376. The van der Waals surface area contributed by atoms with Gasteiger partial charge in [0.25, 0.3) is 11.7 Å². The third kappa shape index (κ3) is 3.52. The Morgan fingerprint density at radius 2 is 1.85 bits per heavy atom. The maximum absolute atomic E-state index is 12.8. The van der Waals surface area contributed by atoms with Crippen molar-refractivity contribution < 1.29 is 4.79 Å². The molecule has 0 aliphatic heterocycles. The normalized spacial score (nSPS) is 12.2. The number of rotatable bonds is 5. The number of hydrogen-bond acceptors (Lipinski definition) is 6. The van der Waals surface area contributed by atoms with Gasteiger partial charge in [-0.1, -0.05) is 30.3 Å². The molecule has 0 saturated carbocycles. The summed E-state index contributed by atoms with van der Waals surface area (Å²) >= 11 is 0. The standard InChI is InChI=1S/C18H18N8O/c1-12-10-13(2)26-18(21-12)23-16(24-26)17(27)22-15(11-25-19-8-9-20-25)14-6-4-3-5-7-14/h3-10,15H,11H2,1-2H3,(H,22,27). The smallest absolute Gasteiger partial charge is 0.291 e. The van der Waals surface area contributed by atoms with Gasteiger partial charge in [-0.15, -0.1) is 5.10 Å². The van der Waals surface area contributed by atoms with E-state index < -0.39 is 0 Å². The molecule has 1 N–H and O–H groups in total. The van der Waals surface area contributed by atoms with Crippen molar-refractivity contribution in [3.63, 3.8) is 0 Å². The molecular formula is C18H18N8O. The number of nitrogens with zero attached hydrogens (tertiary/aromatic N) is 7. The van der Waals surface area contributed by atoms with Gasteiger partial charge in [-0.25, -0.2) is 9.50 Å². The van der Waals surface area contributed by atoms with Crippen molar-refractivity contribution in [2.75, 3.05) is 0 Å². The predicted molar refractivity (Wildman–Crippen MR) is 96.9 cm³/mol. The Balaban J connectivity index is 1.62. The summed E-state index contributed by atoms with van der Waals surface area (Å²) in [5.74, 6) is 0.103. The largest absolute Gasteiger partial charge is 0.340 e. The number of aryl methyl sites for hydroxylation is 2. The van der Waals surface area contributed by atoms with E-state index in [4.69, 9.17) is 0 Å². The van der Waals surface area contributed by atoms with E-state index in [-0.39, 0.29) is 17.8 Å². The van der Waals surface area contributed by atoms with Crippen LogP contribution in [0.4, 0.5) is 0 Å². The van der Waals surface area contributed by atoms with Gasteiger partial charge in [0.15, 0.2) is 0 Å². The molecule has 1 amide bonds. The molecule has 0 fully saturated rings. The van der Waals surface area contributed by atoms with Crippen LogP contribution in [-0.4, -0.2) is 40.5 Å². The molecule has 27 heavy (non-hydrogen) atoms. The minimum absolute atomic E-state index is 0.0746. The lowest BCUT2D eigenvalue weighted by atomic mass is 10.1. The second-order valence-corrected chi connectivity index (χ2v) is 6.21. The van der Waals surface area contributed by atoms with Crippen molar-refractivity contribution in [2.24, 2.45) is 0 Å². The fraction of sp³-hybridized carbons (Fsp3) is 0.222. The third-order valence-electron chi connectivity index (χ3n) is 4.14. The second kappa shape index (κ2) is 6.94. The zero-order chi connectivity index (χ0) is 18.8. The van der Waals surface area contributed by atoms with Gasteiger partial charge in [-0.2, -0.15) is 20.0 Å². The maximum Gasteiger partial charge on any atom is 0.291 e. The van der Waals surface area contributed by atoms with Gasteiger partial charge < -0.3 is 5.32 Å². The van der Waals surface area contributed by atoms with Gasteiger partial charge in [0, 0.05) is 11.4 Å². The maximum atomic E-state index is 12.8. The SMILES string of the molecule is Cc1cc(C)n2nc(C(=O)NC(Cn3nccn3)c3ccccc3)nc2n1. The zero-order valence-corrected chi connectivity index (χ0v) is 14.9. The highest BCUT2D eigenvalue weighted by Crippen LogP contribution is 2.15. The van der Waals surface area contributed by atoms with Crippen LogP contribution in [0.25, 0.3) is 5.78 Å². The Bertz CT molecular complexity index is 1070. The lowest BCUT2D eigenvalue weighted by molar-refractivity contribution is 0.0920. The Kier molecular flexibility index (Phi) is 4.33. The molecule has 1 aromatic carbocycles. The van der Waals surface area contributed by atoms with Crippen molar-refractivity contribution in [1.82, 2.24) is 39.9 Å². The molecule has 4 rings (SSSR count). The fourth-order valence-electron chi connectivity index (χ4n) is 2.91. The topological polar surface area (TPSA) is 103 Å². The highest BCUT2D eigenvalue weighted by molar-refractivity contribution is 5.91. The third-order valence-corrected chi connectivity index (χ3v) is 4.14. The molecule has 9 nitrogen and oxygen atoms in total. The molecule has 0 radical (unpaired) electrons. The van der Waals surface area contributed by atoms with Crippen LogP contribution in [0.15, 0.2) is 48.8 Å². The number of aromatic nitrogens is 7. The van der Waals surface area contributed by atoms with Crippen molar-refractivity contribution in [2.45, 2.75) is 26.4 Å². The van der Waals surface area contributed by atoms with Gasteiger partial charge in [0.1, 0.15) is 0 Å². The predicted octanol–water partition coefficient (Wildman–Crippen LogP) is 1.50. The highest BCUT2D eigenvalue weighted by atomic mass is 16.2. The molecular weight excluding hydrogens is 344 g/mol. The molecule has 0 saturated heterocycles. The van der Waals surface area contributed by atoms with Crippen LogP contribution in [0.1, 0.15) is 33.6 Å². The number of amides is 1. The first-order chi connectivity index (χ1) is 13.1. The lowest BCUT2D eigenvalue weighted by Gasteiger charge is -2.17. The average molecular weight is 362 g/mol. The Labute approximate surface area is 155 Å². The van der Waals surface area contributed by atoms with E-state index in [2.05, 4.69) is 30.6 Å². The number of carbonyl (C=O) groups excluding carboxylic acids is 1. The van der Waals surface area contributed by atoms with E-state index in [9.17, 15) is 4.79 Å². The van der Waals surface area contributed by atoms with Crippen LogP contribution in [0.5, 0.6) is 0 Å². The van der Waals surface area contributed by atoms with Crippen LogP contribution >= 0.6 is 0 Å². The Hall–Kier alpha value is -3.62. The summed E-state index contributed by atoms with van der Waals surface area (Å²) in [5, 5.41) is 15.5. The summed E-state index contributed by atoms with van der Waals surface area (Å²) < 4.78 is 1.56. The van der Waals surface area contributed by atoms with Crippen molar-refractivity contribution in [1.29, 1.82) is 0 Å². The van der Waals surface area contributed by atoms with E-state index in [1.165, 1.54) is 4.80 Å². The molecule has 4 aromatic rings. The fourth-order valence-corrected chi connectivity index (χ4v) is 2.91. The van der Waals surface area contributed by atoms with E-state index in [1.807, 2.05) is 50.2 Å². The molecule has 1 unspecified atom stereocenters. The first kappa shape index (κ1) is 16.8. The van der Waals surface area contributed by atoms with Crippen LogP contribution < -0.4 is 5.32 Å². The summed E-state index contributed by atoms with van der Waals surface area (Å²) in [6, 6.07) is 11.2. The Morgan fingerprint density at radius 1 is 1.11 bits per heavy atom. The average Bonchev–Trinajstić information content (AvgIpc) is 3.31. The van der Waals surface area contributed by atoms with Crippen molar-refractivity contribution >= 4 is 11.7 Å². The minimum Gasteiger partial charge on any atom is -0.340 e. The summed E-state index contributed by atoms with van der Waals surface area (Å²) in [5.41, 5.74) is 2.63. The molecule has 0 aliphatic carbocycles. The van der Waals surface area contributed by atoms with Gasteiger partial charge in [0.2, 0.25) is 5.82 Å². The summed E-state index contributed by atoms with van der Waals surface area (Å²) in [7, 11) is 0. The van der Waals surface area contributed by atoms with E-state index in [0.717, 1.165) is 17.0 Å². The van der Waals surface area contributed by atoms with Crippen LogP contribution in [0.3, 0.4) is 0 Å². The zero-order valence-electron chi connectivity index (χ0n) is 14.9. The quantitative estimate of drug-likeness (QED) is 0.577. The van der Waals surface area contributed by atoms with E-state index in [1.54, 1.807) is 16.9 Å². The van der Waals surface area contributed by atoms with Crippen LogP contribution in [-0.2, 0) is 6.54 Å². The van der Waals surface area contributed by atoms with E-state index >= 15 is 0 Å². The van der Waals surface area contributed by atoms with Crippen LogP contribution in [0.2, 0.25) is 0 Å². The molecule has 9 heteroatoms. The molecule has 136 valence electrons. The van der Waals surface area contributed by atoms with Crippen LogP contribution in [0, 0.1) is 13.8 Å². The number of carbonyl (C=O) groups is 1. The number of hydrogen-bond donors (Lipinski definition) is 1. The number of nitrogens with one attached hydrogen (secondary N) is 1. The van der Waals surface area contributed by atoms with Gasteiger partial charge in [-0.05, 0) is 25.5 Å². The summed E-state index contributed by atoms with van der Waals surface area (Å²) in [6.45, 7) is 4.17. The van der Waals surface area contributed by atoms with Gasteiger partial charge in [0.05, 0.1) is 25.0 Å².